The molecule has 0 radical (unpaired) electrons. The van der Waals surface area contributed by atoms with Crippen molar-refractivity contribution in [3.8, 4) is 11.5 Å². The van der Waals surface area contributed by atoms with E-state index in [0.29, 0.717) is 39.6 Å². The van der Waals surface area contributed by atoms with E-state index in [1.165, 1.54) is 18.5 Å². The van der Waals surface area contributed by atoms with Gasteiger partial charge in [-0.05, 0) is 50.2 Å². The number of hydrogen-bond acceptors (Lipinski definition) is 5. The Morgan fingerprint density at radius 1 is 0.969 bits per heavy atom. The van der Waals surface area contributed by atoms with Crippen LogP contribution < -0.4 is 5.32 Å². The molecule has 1 N–H and O–H groups in total. The molecule has 0 atom stereocenters. The third kappa shape index (κ3) is 3.49. The van der Waals surface area contributed by atoms with Gasteiger partial charge in [-0.1, -0.05) is 17.7 Å². The Hall–Kier alpha value is -4.40. The standard InChI is InChI=1S/C23H18FN7O/c1-14-3-5-16(6-4-14)23(32)28-20-11-15(2)29-31(20)22-19-12-27-30(21(19)25-13-26-22)18-9-7-17(24)8-10-18/h3-13H,1-2H3,(H,28,32). The summed E-state index contributed by atoms with van der Waals surface area (Å²) in [6.45, 7) is 3.80. The Kier molecular flexibility index (Phi) is 4.70. The van der Waals surface area contributed by atoms with Crippen molar-refractivity contribution in [2.75, 3.05) is 5.32 Å². The van der Waals surface area contributed by atoms with Gasteiger partial charge < -0.3 is 5.32 Å². The van der Waals surface area contributed by atoms with E-state index >= 15 is 0 Å². The minimum atomic E-state index is -0.332. The molecule has 5 aromatic rings. The Labute approximate surface area is 182 Å². The first-order valence-electron chi connectivity index (χ1n) is 9.89. The first kappa shape index (κ1) is 19.6. The number of rotatable bonds is 4. The molecule has 0 aliphatic rings. The van der Waals surface area contributed by atoms with Crippen LogP contribution in [-0.2, 0) is 0 Å². The van der Waals surface area contributed by atoms with Gasteiger partial charge in [-0.2, -0.15) is 14.9 Å². The van der Waals surface area contributed by atoms with Crippen molar-refractivity contribution in [1.82, 2.24) is 29.5 Å². The zero-order chi connectivity index (χ0) is 22.2. The summed E-state index contributed by atoms with van der Waals surface area (Å²) < 4.78 is 16.5. The highest BCUT2D eigenvalue weighted by atomic mass is 19.1. The monoisotopic (exact) mass is 427 g/mol. The number of amides is 1. The third-order valence-electron chi connectivity index (χ3n) is 5.00. The molecule has 0 aliphatic carbocycles. The zero-order valence-corrected chi connectivity index (χ0v) is 17.3. The zero-order valence-electron chi connectivity index (χ0n) is 17.3. The number of carbonyl (C=O) groups is 1. The number of aromatic nitrogens is 6. The van der Waals surface area contributed by atoms with Crippen molar-refractivity contribution in [2.45, 2.75) is 13.8 Å². The number of anilines is 1. The summed E-state index contributed by atoms with van der Waals surface area (Å²) in [4.78, 5) is 21.5. The predicted molar refractivity (Wildman–Crippen MR) is 118 cm³/mol. The van der Waals surface area contributed by atoms with Crippen molar-refractivity contribution in [1.29, 1.82) is 0 Å². The van der Waals surface area contributed by atoms with Gasteiger partial charge in [0.25, 0.3) is 5.91 Å². The van der Waals surface area contributed by atoms with Crippen LogP contribution in [0.15, 0.2) is 67.1 Å². The van der Waals surface area contributed by atoms with Crippen LogP contribution in [0.5, 0.6) is 0 Å². The van der Waals surface area contributed by atoms with Crippen LogP contribution in [0, 0.1) is 19.7 Å². The topological polar surface area (TPSA) is 90.5 Å². The number of nitrogens with zero attached hydrogens (tertiary/aromatic N) is 6. The Morgan fingerprint density at radius 2 is 1.72 bits per heavy atom. The highest BCUT2D eigenvalue weighted by Gasteiger charge is 2.18. The van der Waals surface area contributed by atoms with Crippen molar-refractivity contribution >= 4 is 22.8 Å². The van der Waals surface area contributed by atoms with Crippen LogP contribution in [0.25, 0.3) is 22.5 Å². The van der Waals surface area contributed by atoms with E-state index in [4.69, 9.17) is 0 Å². The molecular formula is C23H18FN7O. The number of hydrogen-bond donors (Lipinski definition) is 1. The summed E-state index contributed by atoms with van der Waals surface area (Å²) in [5, 5.41) is 12.4. The van der Waals surface area contributed by atoms with Gasteiger partial charge >= 0.3 is 0 Å². The van der Waals surface area contributed by atoms with Gasteiger partial charge in [0.1, 0.15) is 18.0 Å². The lowest BCUT2D eigenvalue weighted by Crippen LogP contribution is -2.15. The molecule has 9 heteroatoms. The van der Waals surface area contributed by atoms with Gasteiger partial charge in [0.2, 0.25) is 0 Å². The SMILES string of the molecule is Cc1ccc(C(=O)Nc2cc(C)nn2-c2ncnc3c2cnn3-c2ccc(F)cc2)cc1. The highest BCUT2D eigenvalue weighted by Crippen LogP contribution is 2.24. The second-order valence-corrected chi connectivity index (χ2v) is 7.37. The van der Waals surface area contributed by atoms with Crippen LogP contribution in [0.3, 0.4) is 0 Å². The number of fused-ring (bicyclic) bond motifs is 1. The average molecular weight is 427 g/mol. The molecule has 0 saturated heterocycles. The molecule has 1 amide bonds. The second-order valence-electron chi connectivity index (χ2n) is 7.37. The summed E-state index contributed by atoms with van der Waals surface area (Å²) in [6, 6.07) is 15.0. The summed E-state index contributed by atoms with van der Waals surface area (Å²) >= 11 is 0. The molecule has 32 heavy (non-hydrogen) atoms. The van der Waals surface area contributed by atoms with E-state index in [1.807, 2.05) is 26.0 Å². The largest absolute Gasteiger partial charge is 0.306 e. The summed E-state index contributed by atoms with van der Waals surface area (Å²) in [7, 11) is 0. The smallest absolute Gasteiger partial charge is 0.256 e. The van der Waals surface area contributed by atoms with Crippen molar-refractivity contribution in [3.05, 3.63) is 89.8 Å². The molecular weight excluding hydrogens is 409 g/mol. The molecule has 8 nitrogen and oxygen atoms in total. The average Bonchev–Trinajstić information content (AvgIpc) is 3.38. The quantitative estimate of drug-likeness (QED) is 0.468. The number of aryl methyl sites for hydroxylation is 2. The lowest BCUT2D eigenvalue weighted by molar-refractivity contribution is 0.102. The van der Waals surface area contributed by atoms with Gasteiger partial charge in [-0.25, -0.2) is 19.0 Å². The van der Waals surface area contributed by atoms with Crippen LogP contribution in [0.4, 0.5) is 10.2 Å². The molecule has 0 bridgehead atoms. The minimum absolute atomic E-state index is 0.251. The van der Waals surface area contributed by atoms with Crippen LogP contribution in [0.2, 0.25) is 0 Å². The van der Waals surface area contributed by atoms with Crippen molar-refractivity contribution in [2.24, 2.45) is 0 Å². The first-order valence-corrected chi connectivity index (χ1v) is 9.89. The molecule has 5 rings (SSSR count). The van der Waals surface area contributed by atoms with E-state index in [1.54, 1.807) is 45.9 Å². The lowest BCUT2D eigenvalue weighted by atomic mass is 10.1. The van der Waals surface area contributed by atoms with Gasteiger partial charge in [0, 0.05) is 11.6 Å². The molecule has 0 aliphatic heterocycles. The predicted octanol–water partition coefficient (Wildman–Crippen LogP) is 4.01. The second kappa shape index (κ2) is 7.69. The molecule has 3 aromatic heterocycles. The molecule has 3 heterocycles. The molecule has 0 unspecified atom stereocenters. The van der Waals surface area contributed by atoms with E-state index < -0.39 is 0 Å². The number of halogens is 1. The van der Waals surface area contributed by atoms with Gasteiger partial charge in [-0.15, -0.1) is 0 Å². The number of carbonyl (C=O) groups excluding carboxylic acids is 1. The molecule has 0 fully saturated rings. The van der Waals surface area contributed by atoms with Crippen molar-refractivity contribution < 1.29 is 9.18 Å². The van der Waals surface area contributed by atoms with E-state index in [0.717, 1.165) is 5.56 Å². The third-order valence-corrected chi connectivity index (χ3v) is 5.00. The maximum atomic E-state index is 13.3. The Balaban J connectivity index is 1.55. The Bertz CT molecular complexity index is 1440. The molecule has 0 spiro atoms. The Morgan fingerprint density at radius 3 is 2.47 bits per heavy atom. The summed E-state index contributed by atoms with van der Waals surface area (Å²) in [5.41, 5.74) is 3.52. The number of benzene rings is 2. The van der Waals surface area contributed by atoms with Gasteiger partial charge in [0.15, 0.2) is 11.5 Å². The highest BCUT2D eigenvalue weighted by molar-refractivity contribution is 6.04. The summed E-state index contributed by atoms with van der Waals surface area (Å²) in [5.74, 6) is 0.359. The lowest BCUT2D eigenvalue weighted by Gasteiger charge is -2.09. The van der Waals surface area contributed by atoms with E-state index in [-0.39, 0.29) is 11.7 Å². The molecule has 158 valence electrons. The first-order chi connectivity index (χ1) is 15.5. The fraction of sp³-hybridized carbons (Fsp3) is 0.0870. The fourth-order valence-corrected chi connectivity index (χ4v) is 3.42. The van der Waals surface area contributed by atoms with Gasteiger partial charge in [0.05, 0.1) is 23.0 Å². The maximum Gasteiger partial charge on any atom is 0.256 e. The number of nitrogens with one attached hydrogen (secondary N) is 1. The maximum absolute atomic E-state index is 13.3. The van der Waals surface area contributed by atoms with Gasteiger partial charge in [-0.3, -0.25) is 4.79 Å². The van der Waals surface area contributed by atoms with Crippen LogP contribution >= 0.6 is 0 Å². The fourth-order valence-electron chi connectivity index (χ4n) is 3.42. The van der Waals surface area contributed by atoms with Crippen LogP contribution in [0.1, 0.15) is 21.6 Å². The molecule has 2 aromatic carbocycles. The van der Waals surface area contributed by atoms with Crippen molar-refractivity contribution in [3.63, 3.8) is 0 Å². The van der Waals surface area contributed by atoms with Crippen LogP contribution in [-0.4, -0.2) is 35.4 Å². The normalized spacial score (nSPS) is 11.1. The van der Waals surface area contributed by atoms with E-state index in [9.17, 15) is 9.18 Å². The molecule has 0 saturated carbocycles. The summed E-state index contributed by atoms with van der Waals surface area (Å²) in [6.07, 6.45) is 3.03. The minimum Gasteiger partial charge on any atom is -0.306 e. The van der Waals surface area contributed by atoms with E-state index in [2.05, 4.69) is 25.5 Å².